The minimum atomic E-state index is 0.262. The second kappa shape index (κ2) is 8.69. The normalized spacial score (nSPS) is 12.0. The molecule has 0 saturated carbocycles. The molecule has 3 nitrogen and oxygen atoms in total. The molecule has 1 aromatic rings. The number of ether oxygens (including phenoxy) is 2. The lowest BCUT2D eigenvalue weighted by Crippen LogP contribution is -2.16. The van der Waals surface area contributed by atoms with E-state index in [-0.39, 0.29) is 5.41 Å². The van der Waals surface area contributed by atoms with Crippen molar-refractivity contribution in [3.8, 4) is 0 Å². The first-order valence-electron chi connectivity index (χ1n) is 6.90. The van der Waals surface area contributed by atoms with Crippen LogP contribution in [0.2, 0.25) is 0 Å². The molecule has 4 heteroatoms. The predicted octanol–water partition coefficient (Wildman–Crippen LogP) is 3.19. The van der Waals surface area contributed by atoms with Gasteiger partial charge in [0.1, 0.15) is 0 Å². The van der Waals surface area contributed by atoms with Gasteiger partial charge in [0, 0.05) is 30.0 Å². The summed E-state index contributed by atoms with van der Waals surface area (Å²) >= 11 is 1.90. The molecule has 0 aliphatic rings. The minimum absolute atomic E-state index is 0.262. The van der Waals surface area contributed by atoms with Crippen molar-refractivity contribution in [2.45, 2.75) is 39.2 Å². The Labute approximate surface area is 121 Å². The van der Waals surface area contributed by atoms with Gasteiger partial charge in [-0.25, -0.2) is 0 Å². The first kappa shape index (κ1) is 16.6. The average molecular weight is 285 g/mol. The van der Waals surface area contributed by atoms with Crippen molar-refractivity contribution in [1.29, 1.82) is 0 Å². The van der Waals surface area contributed by atoms with Crippen LogP contribution in [0.3, 0.4) is 0 Å². The average Bonchev–Trinajstić information content (AvgIpc) is 2.81. The Kier molecular flexibility index (Phi) is 7.61. The van der Waals surface area contributed by atoms with Crippen molar-refractivity contribution in [2.24, 2.45) is 0 Å². The van der Waals surface area contributed by atoms with Crippen LogP contribution in [0.5, 0.6) is 0 Å². The minimum Gasteiger partial charge on any atom is -0.382 e. The zero-order valence-electron chi connectivity index (χ0n) is 12.6. The molecule has 0 radical (unpaired) electrons. The van der Waals surface area contributed by atoms with E-state index >= 15 is 0 Å². The largest absolute Gasteiger partial charge is 0.382 e. The van der Waals surface area contributed by atoms with E-state index in [4.69, 9.17) is 9.47 Å². The second-order valence-electron chi connectivity index (χ2n) is 5.65. The number of thiophene rings is 1. The van der Waals surface area contributed by atoms with Gasteiger partial charge < -0.3 is 14.8 Å². The third-order valence-corrected chi connectivity index (χ3v) is 4.29. The summed E-state index contributed by atoms with van der Waals surface area (Å²) in [5, 5.41) is 3.46. The molecule has 1 N–H and O–H groups in total. The third kappa shape index (κ3) is 7.06. The molecule has 110 valence electrons. The maximum atomic E-state index is 5.41. The zero-order chi connectivity index (χ0) is 14.1. The summed E-state index contributed by atoms with van der Waals surface area (Å²) in [5.41, 5.74) is 0.262. The quantitative estimate of drug-likeness (QED) is 0.707. The molecule has 0 aromatic carbocycles. The Bertz CT molecular complexity index is 344. The molecule has 0 bridgehead atoms. The molecule has 0 amide bonds. The SMILES string of the molecule is COCCOCCCNCc1ccc(C(C)(C)C)s1. The van der Waals surface area contributed by atoms with E-state index in [1.807, 2.05) is 11.3 Å². The fraction of sp³-hybridized carbons (Fsp3) is 0.733. The number of nitrogens with one attached hydrogen (secondary N) is 1. The van der Waals surface area contributed by atoms with Crippen molar-refractivity contribution < 1.29 is 9.47 Å². The zero-order valence-corrected chi connectivity index (χ0v) is 13.4. The molecule has 1 rings (SSSR count). The topological polar surface area (TPSA) is 30.5 Å². The van der Waals surface area contributed by atoms with Crippen LogP contribution in [0.15, 0.2) is 12.1 Å². The molecule has 0 aliphatic carbocycles. The summed E-state index contributed by atoms with van der Waals surface area (Å²) in [4.78, 5) is 2.86. The van der Waals surface area contributed by atoms with Crippen molar-refractivity contribution in [3.63, 3.8) is 0 Å². The van der Waals surface area contributed by atoms with Gasteiger partial charge in [0.2, 0.25) is 0 Å². The fourth-order valence-electron chi connectivity index (χ4n) is 1.63. The van der Waals surface area contributed by atoms with Crippen LogP contribution in [-0.4, -0.2) is 33.5 Å². The number of hydrogen-bond donors (Lipinski definition) is 1. The van der Waals surface area contributed by atoms with Gasteiger partial charge in [0.05, 0.1) is 13.2 Å². The van der Waals surface area contributed by atoms with Crippen LogP contribution in [0.1, 0.15) is 36.9 Å². The molecule has 0 unspecified atom stereocenters. The molecular formula is C15H27NO2S. The van der Waals surface area contributed by atoms with E-state index in [2.05, 4.69) is 38.2 Å². The highest BCUT2D eigenvalue weighted by atomic mass is 32.1. The van der Waals surface area contributed by atoms with Gasteiger partial charge in [-0.15, -0.1) is 11.3 Å². The summed E-state index contributed by atoms with van der Waals surface area (Å²) in [6, 6.07) is 4.48. The van der Waals surface area contributed by atoms with E-state index in [0.29, 0.717) is 13.2 Å². The highest BCUT2D eigenvalue weighted by Gasteiger charge is 2.15. The van der Waals surface area contributed by atoms with Crippen LogP contribution >= 0.6 is 11.3 Å². The molecular weight excluding hydrogens is 258 g/mol. The summed E-state index contributed by atoms with van der Waals surface area (Å²) in [6.45, 7) is 10.9. The van der Waals surface area contributed by atoms with E-state index in [1.165, 1.54) is 9.75 Å². The number of methoxy groups -OCH3 is 1. The Morgan fingerprint density at radius 3 is 2.58 bits per heavy atom. The molecule has 0 atom stereocenters. The van der Waals surface area contributed by atoms with E-state index in [9.17, 15) is 0 Å². The Hall–Kier alpha value is -0.420. The number of rotatable bonds is 9. The lowest BCUT2D eigenvalue weighted by Gasteiger charge is -2.15. The van der Waals surface area contributed by atoms with E-state index in [0.717, 1.165) is 26.1 Å². The summed E-state index contributed by atoms with van der Waals surface area (Å²) in [7, 11) is 1.69. The van der Waals surface area contributed by atoms with E-state index < -0.39 is 0 Å². The van der Waals surface area contributed by atoms with Crippen LogP contribution < -0.4 is 5.32 Å². The molecule has 0 spiro atoms. The Morgan fingerprint density at radius 2 is 1.95 bits per heavy atom. The third-order valence-electron chi connectivity index (χ3n) is 2.77. The molecule has 19 heavy (non-hydrogen) atoms. The van der Waals surface area contributed by atoms with Gasteiger partial charge in [-0.1, -0.05) is 20.8 Å². The monoisotopic (exact) mass is 285 g/mol. The highest BCUT2D eigenvalue weighted by Crippen LogP contribution is 2.29. The van der Waals surface area contributed by atoms with Gasteiger partial charge in [-0.05, 0) is 30.5 Å². The summed E-state index contributed by atoms with van der Waals surface area (Å²) in [6.07, 6.45) is 1.04. The smallest absolute Gasteiger partial charge is 0.0700 e. The van der Waals surface area contributed by atoms with Gasteiger partial charge in [0.15, 0.2) is 0 Å². The van der Waals surface area contributed by atoms with Gasteiger partial charge >= 0.3 is 0 Å². The lowest BCUT2D eigenvalue weighted by molar-refractivity contribution is 0.0695. The van der Waals surface area contributed by atoms with Crippen LogP contribution in [0.4, 0.5) is 0 Å². The standard InChI is InChI=1S/C15H27NO2S/c1-15(2,3)14-7-6-13(19-14)12-16-8-5-9-18-11-10-17-4/h6-7,16H,5,8-12H2,1-4H3. The molecule has 1 aromatic heterocycles. The second-order valence-corrected chi connectivity index (χ2v) is 6.82. The van der Waals surface area contributed by atoms with Crippen molar-refractivity contribution in [3.05, 3.63) is 21.9 Å². The van der Waals surface area contributed by atoms with Crippen molar-refractivity contribution in [1.82, 2.24) is 5.32 Å². The van der Waals surface area contributed by atoms with E-state index in [1.54, 1.807) is 7.11 Å². The maximum Gasteiger partial charge on any atom is 0.0700 e. The molecule has 1 heterocycles. The van der Waals surface area contributed by atoms with Gasteiger partial charge in [0.25, 0.3) is 0 Å². The molecule has 0 saturated heterocycles. The van der Waals surface area contributed by atoms with Gasteiger partial charge in [-0.3, -0.25) is 0 Å². The van der Waals surface area contributed by atoms with Crippen molar-refractivity contribution in [2.75, 3.05) is 33.5 Å². The first-order valence-corrected chi connectivity index (χ1v) is 7.72. The lowest BCUT2D eigenvalue weighted by atomic mass is 9.95. The van der Waals surface area contributed by atoms with Crippen molar-refractivity contribution >= 4 is 11.3 Å². The molecule has 0 fully saturated rings. The predicted molar refractivity (Wildman–Crippen MR) is 82.0 cm³/mol. The fourth-order valence-corrected chi connectivity index (χ4v) is 2.67. The Balaban J connectivity index is 2.08. The van der Waals surface area contributed by atoms with Crippen LogP contribution in [-0.2, 0) is 21.4 Å². The highest BCUT2D eigenvalue weighted by molar-refractivity contribution is 7.12. The summed E-state index contributed by atoms with van der Waals surface area (Å²) < 4.78 is 10.3. The molecule has 0 aliphatic heterocycles. The number of hydrogen-bond acceptors (Lipinski definition) is 4. The van der Waals surface area contributed by atoms with Gasteiger partial charge in [-0.2, -0.15) is 0 Å². The summed E-state index contributed by atoms with van der Waals surface area (Å²) in [5.74, 6) is 0. The maximum absolute atomic E-state index is 5.41. The first-order chi connectivity index (χ1) is 9.04. The van der Waals surface area contributed by atoms with Crippen LogP contribution in [0.25, 0.3) is 0 Å². The van der Waals surface area contributed by atoms with Crippen LogP contribution in [0, 0.1) is 0 Å². The Morgan fingerprint density at radius 1 is 1.16 bits per heavy atom.